The number of halogens is 7. The lowest BCUT2D eigenvalue weighted by Gasteiger charge is -2.33. The van der Waals surface area contributed by atoms with Crippen molar-refractivity contribution in [2.45, 2.75) is 56.3 Å². The minimum atomic E-state index is -6.50. The summed E-state index contributed by atoms with van der Waals surface area (Å²) in [6, 6.07) is 0. The fourth-order valence-electron chi connectivity index (χ4n) is 1.95. The van der Waals surface area contributed by atoms with Crippen LogP contribution in [0.5, 0.6) is 0 Å². The molecule has 0 saturated heterocycles. The lowest BCUT2D eigenvalue weighted by Crippen LogP contribution is -2.62. The average molecular weight is 519 g/mol. The van der Waals surface area contributed by atoms with Gasteiger partial charge in [-0.25, -0.2) is 4.79 Å². The second kappa shape index (κ2) is 10.8. The molecule has 0 aromatic carbocycles. The third-order valence-electron chi connectivity index (χ3n) is 3.70. The van der Waals surface area contributed by atoms with Crippen LogP contribution in [-0.4, -0.2) is 66.9 Å². The van der Waals surface area contributed by atoms with E-state index in [9.17, 15) is 53.5 Å². The maximum absolute atomic E-state index is 13.7. The Hall–Kier alpha value is -2.27. The van der Waals surface area contributed by atoms with Gasteiger partial charge in [0, 0.05) is 12.0 Å². The summed E-state index contributed by atoms with van der Waals surface area (Å²) in [5.74, 6) is -14.3. The van der Waals surface area contributed by atoms with Gasteiger partial charge in [-0.3, -0.25) is 14.1 Å². The van der Waals surface area contributed by atoms with Gasteiger partial charge in [0.1, 0.15) is 5.78 Å². The molecular formula is C16H20F7NO8S. The molecule has 0 aromatic heterocycles. The van der Waals surface area contributed by atoms with Crippen LogP contribution < -0.4 is 5.32 Å². The molecule has 0 saturated carbocycles. The van der Waals surface area contributed by atoms with Crippen molar-refractivity contribution in [2.24, 2.45) is 0 Å². The van der Waals surface area contributed by atoms with Crippen LogP contribution in [0.4, 0.5) is 30.7 Å². The van der Waals surface area contributed by atoms with Crippen molar-refractivity contribution in [1.29, 1.82) is 0 Å². The summed E-state index contributed by atoms with van der Waals surface area (Å²) in [5, 5.41) is -4.35. The number of alkyl halides is 7. The van der Waals surface area contributed by atoms with Gasteiger partial charge in [0.2, 0.25) is 0 Å². The molecule has 1 unspecified atom stereocenters. The molecule has 17 heteroatoms. The molecule has 0 bridgehead atoms. The van der Waals surface area contributed by atoms with Crippen LogP contribution in [0.15, 0.2) is 12.2 Å². The van der Waals surface area contributed by atoms with Crippen molar-refractivity contribution in [2.75, 3.05) is 13.2 Å². The number of ether oxygens (including phenoxy) is 2. The van der Waals surface area contributed by atoms with Gasteiger partial charge in [-0.05, 0) is 26.7 Å². The van der Waals surface area contributed by atoms with Crippen molar-refractivity contribution in [1.82, 2.24) is 5.32 Å². The van der Waals surface area contributed by atoms with E-state index in [2.05, 4.69) is 16.1 Å². The highest BCUT2D eigenvalue weighted by molar-refractivity contribution is 7.87. The van der Waals surface area contributed by atoms with Gasteiger partial charge < -0.3 is 14.8 Å². The summed E-state index contributed by atoms with van der Waals surface area (Å²) in [7, 11) is -6.50. The predicted octanol–water partition coefficient (Wildman–Crippen LogP) is 2.37. The summed E-state index contributed by atoms with van der Waals surface area (Å²) in [6.07, 6.45) is -9.64. The zero-order chi connectivity index (χ0) is 26.5. The number of hydrogen-bond donors (Lipinski definition) is 2. The third-order valence-corrected chi connectivity index (χ3v) is 4.64. The standard InChI is InChI=1S/C16H20F7NO8S/c1-9(2)11(26)32-14(15(19,20)21,12(27)24-8-10(3)25)31-7-5-4-6-13(17,18)16(22,23)33(28,29)30/h1,4-8H2,2-3H3,(H,24,27)(H,28,29,30). The number of Topliss-reactive ketones (excluding diaryl/α,β-unsaturated/α-hetero) is 1. The zero-order valence-corrected chi connectivity index (χ0v) is 17.9. The summed E-state index contributed by atoms with van der Waals surface area (Å²) in [6.45, 7) is 2.65. The molecule has 0 aromatic rings. The molecule has 0 radical (unpaired) electrons. The molecule has 0 aliphatic heterocycles. The van der Waals surface area contributed by atoms with Crippen LogP contribution in [0.25, 0.3) is 0 Å². The minimum absolute atomic E-state index is 0.598. The number of hydrogen-bond acceptors (Lipinski definition) is 7. The van der Waals surface area contributed by atoms with E-state index in [0.29, 0.717) is 0 Å². The number of carbonyl (C=O) groups is 3. The van der Waals surface area contributed by atoms with Crippen molar-refractivity contribution < 1.29 is 67.6 Å². The second-order valence-electron chi connectivity index (χ2n) is 6.67. The molecule has 33 heavy (non-hydrogen) atoms. The Morgan fingerprint density at radius 2 is 1.52 bits per heavy atom. The molecular weight excluding hydrogens is 499 g/mol. The van der Waals surface area contributed by atoms with E-state index in [0.717, 1.165) is 13.8 Å². The maximum Gasteiger partial charge on any atom is 0.466 e. The molecule has 192 valence electrons. The number of carbonyl (C=O) groups excluding carboxylic acids is 3. The molecule has 1 atom stereocenters. The summed E-state index contributed by atoms with van der Waals surface area (Å²) < 4.78 is 132. The van der Waals surface area contributed by atoms with Crippen molar-refractivity contribution >= 4 is 27.8 Å². The van der Waals surface area contributed by atoms with E-state index in [1.807, 2.05) is 0 Å². The number of ketones is 1. The van der Waals surface area contributed by atoms with E-state index < -0.39 is 88.9 Å². The van der Waals surface area contributed by atoms with Crippen LogP contribution in [0.2, 0.25) is 0 Å². The van der Waals surface area contributed by atoms with Gasteiger partial charge in [0.05, 0.1) is 13.2 Å². The summed E-state index contributed by atoms with van der Waals surface area (Å²) in [5.41, 5.74) is -0.598. The number of nitrogens with one attached hydrogen (secondary N) is 1. The fraction of sp³-hybridized carbons (Fsp3) is 0.688. The Morgan fingerprint density at radius 1 is 1.00 bits per heavy atom. The van der Waals surface area contributed by atoms with E-state index >= 15 is 0 Å². The second-order valence-corrected chi connectivity index (χ2v) is 8.13. The van der Waals surface area contributed by atoms with Crippen molar-refractivity contribution in [3.05, 3.63) is 12.2 Å². The smallest absolute Gasteiger partial charge is 0.412 e. The monoisotopic (exact) mass is 519 g/mol. The highest BCUT2D eigenvalue weighted by Crippen LogP contribution is 2.42. The fourth-order valence-corrected chi connectivity index (χ4v) is 2.43. The van der Waals surface area contributed by atoms with Crippen molar-refractivity contribution in [3.8, 4) is 0 Å². The quantitative estimate of drug-likeness (QED) is 0.0946. The third kappa shape index (κ3) is 7.63. The summed E-state index contributed by atoms with van der Waals surface area (Å²) in [4.78, 5) is 34.7. The number of amides is 1. The van der Waals surface area contributed by atoms with E-state index in [1.54, 1.807) is 0 Å². The predicted molar refractivity (Wildman–Crippen MR) is 94.6 cm³/mol. The first-order chi connectivity index (χ1) is 14.6. The molecule has 9 nitrogen and oxygen atoms in total. The van der Waals surface area contributed by atoms with Gasteiger partial charge in [0.15, 0.2) is 0 Å². The zero-order valence-electron chi connectivity index (χ0n) is 17.1. The Balaban J connectivity index is 5.58. The largest absolute Gasteiger partial charge is 0.466 e. The lowest BCUT2D eigenvalue weighted by molar-refractivity contribution is -0.347. The number of esters is 1. The highest BCUT2D eigenvalue weighted by atomic mass is 32.2. The van der Waals surface area contributed by atoms with Crippen LogP contribution >= 0.6 is 0 Å². The molecule has 1 amide bonds. The first kappa shape index (κ1) is 30.7. The SMILES string of the molecule is C=C(C)C(=O)OC(OCCCCC(F)(F)C(F)(F)S(=O)(=O)O)(C(=O)NCC(C)=O)C(F)(F)F. The van der Waals surface area contributed by atoms with E-state index in [4.69, 9.17) is 4.55 Å². The Kier molecular flexibility index (Phi) is 10.0. The molecule has 0 spiro atoms. The molecule has 0 fully saturated rings. The van der Waals surface area contributed by atoms with Gasteiger partial charge in [0.25, 0.3) is 0 Å². The molecule has 0 heterocycles. The first-order valence-electron chi connectivity index (χ1n) is 8.72. The van der Waals surface area contributed by atoms with E-state index in [1.165, 1.54) is 5.32 Å². The Morgan fingerprint density at radius 3 is 1.91 bits per heavy atom. The Labute approximate surface area is 183 Å². The molecule has 2 N–H and O–H groups in total. The Bertz CT molecular complexity index is 873. The number of unbranched alkanes of at least 4 members (excludes halogenated alkanes) is 1. The van der Waals surface area contributed by atoms with E-state index in [-0.39, 0.29) is 0 Å². The van der Waals surface area contributed by atoms with Crippen LogP contribution in [0, 0.1) is 0 Å². The minimum Gasteiger partial charge on any atom is -0.412 e. The topological polar surface area (TPSA) is 136 Å². The van der Waals surface area contributed by atoms with Crippen LogP contribution in [0.1, 0.15) is 33.1 Å². The number of rotatable bonds is 13. The highest BCUT2D eigenvalue weighted by Gasteiger charge is 2.67. The molecule has 0 aliphatic carbocycles. The first-order valence-corrected chi connectivity index (χ1v) is 10.2. The van der Waals surface area contributed by atoms with Gasteiger partial charge in [-0.2, -0.15) is 39.2 Å². The van der Waals surface area contributed by atoms with Gasteiger partial charge >= 0.3 is 45.1 Å². The van der Waals surface area contributed by atoms with Crippen LogP contribution in [0.3, 0.4) is 0 Å². The molecule has 0 aliphatic rings. The molecule has 0 rings (SSSR count). The summed E-state index contributed by atoms with van der Waals surface area (Å²) >= 11 is 0. The average Bonchev–Trinajstić information content (AvgIpc) is 2.62. The van der Waals surface area contributed by atoms with Crippen molar-refractivity contribution in [3.63, 3.8) is 0 Å². The van der Waals surface area contributed by atoms with Gasteiger partial charge in [-0.15, -0.1) is 0 Å². The van der Waals surface area contributed by atoms with Crippen LogP contribution in [-0.2, 0) is 34.0 Å². The van der Waals surface area contributed by atoms with Gasteiger partial charge in [-0.1, -0.05) is 6.58 Å². The normalized spacial score (nSPS) is 14.8. The lowest BCUT2D eigenvalue weighted by atomic mass is 10.1. The maximum atomic E-state index is 13.7.